The van der Waals surface area contributed by atoms with Crippen LogP contribution in [0.25, 0.3) is 11.3 Å². The second-order valence-electron chi connectivity index (χ2n) is 18.1. The lowest BCUT2D eigenvalue weighted by atomic mass is 9.72. The van der Waals surface area contributed by atoms with Gasteiger partial charge in [0.05, 0.1) is 74.4 Å². The van der Waals surface area contributed by atoms with Gasteiger partial charge in [-0.1, -0.05) is 11.6 Å². The van der Waals surface area contributed by atoms with Crippen molar-refractivity contribution in [3.05, 3.63) is 40.3 Å². The minimum atomic E-state index is -2.46. The van der Waals surface area contributed by atoms with Crippen molar-refractivity contribution in [1.29, 1.82) is 0 Å². The van der Waals surface area contributed by atoms with Gasteiger partial charge in [0.1, 0.15) is 17.8 Å². The number of aldehydes is 1. The molecule has 0 spiro atoms. The van der Waals surface area contributed by atoms with Gasteiger partial charge in [0.15, 0.2) is 0 Å². The number of fused-ring (bicyclic) bond motifs is 1. The van der Waals surface area contributed by atoms with Gasteiger partial charge in [0.2, 0.25) is 25.2 Å². The van der Waals surface area contributed by atoms with E-state index in [4.69, 9.17) is 27.5 Å². The first-order chi connectivity index (χ1) is 33.6. The van der Waals surface area contributed by atoms with Crippen LogP contribution in [0.4, 0.5) is 30.7 Å². The van der Waals surface area contributed by atoms with Gasteiger partial charge in [0.25, 0.3) is 5.91 Å². The summed E-state index contributed by atoms with van der Waals surface area (Å²) in [6.07, 6.45) is -0.0769. The molecule has 1 unspecified atom stereocenters. The third-order valence-corrected chi connectivity index (χ3v) is 14.6. The van der Waals surface area contributed by atoms with Gasteiger partial charge in [-0.2, -0.15) is 5.10 Å². The number of alkyl halides is 6. The molecule has 24 heteroatoms. The van der Waals surface area contributed by atoms with Crippen LogP contribution in [0.5, 0.6) is 0 Å². The number of carbonyl (C=O) groups excluding carboxylic acids is 6. The topological polar surface area (TPSA) is 235 Å². The fourth-order valence-electron chi connectivity index (χ4n) is 8.96. The average Bonchev–Trinajstić information content (AvgIpc) is 3.64. The van der Waals surface area contributed by atoms with Crippen LogP contribution in [0.2, 0.25) is 5.02 Å². The molecule has 6 aliphatic rings. The molecule has 16 nitrogen and oxygen atoms in total. The number of halogens is 8. The van der Waals surface area contributed by atoms with E-state index in [2.05, 4.69) is 19.3 Å². The van der Waals surface area contributed by atoms with Crippen LogP contribution in [-0.4, -0.2) is 121 Å². The van der Waals surface area contributed by atoms with Crippen LogP contribution in [0.15, 0.2) is 18.2 Å². The number of hydrogen-bond donors (Lipinski definition) is 3. The van der Waals surface area contributed by atoms with Gasteiger partial charge in [-0.3, -0.25) is 33.4 Å². The van der Waals surface area contributed by atoms with E-state index in [1.807, 2.05) is 0 Å². The van der Waals surface area contributed by atoms with Crippen LogP contribution < -0.4 is 5.73 Å². The molecule has 1 aliphatic heterocycles. The van der Waals surface area contributed by atoms with Crippen molar-refractivity contribution in [1.82, 2.24) is 14.7 Å². The van der Waals surface area contributed by atoms with Crippen molar-refractivity contribution in [3.63, 3.8) is 0 Å². The summed E-state index contributed by atoms with van der Waals surface area (Å²) in [5, 5.41) is 21.3. The zero-order valence-electron chi connectivity index (χ0n) is 39.3. The quantitative estimate of drug-likeness (QED) is 0.0808. The summed E-state index contributed by atoms with van der Waals surface area (Å²) in [4.78, 5) is 79.2. The maximum absolute atomic E-state index is 13.5. The number of carboxylic acid groups (broad SMARTS) is 1. The van der Waals surface area contributed by atoms with E-state index in [0.717, 1.165) is 32.0 Å². The Morgan fingerprint density at radius 2 is 1.27 bits per heavy atom. The number of aliphatic hydroxyl groups is 1. The molecular formula is C47H60ClF7N4O12. The number of methoxy groups -OCH3 is 3. The van der Waals surface area contributed by atoms with Crippen LogP contribution in [-0.2, 0) is 56.1 Å². The number of aliphatic carboxylic acids is 1. The Labute approximate surface area is 410 Å². The van der Waals surface area contributed by atoms with Crippen molar-refractivity contribution >= 4 is 53.6 Å². The highest BCUT2D eigenvalue weighted by atomic mass is 35.5. The molecule has 0 saturated heterocycles. The van der Waals surface area contributed by atoms with Crippen molar-refractivity contribution in [2.75, 3.05) is 34.5 Å². The molecule has 4 N–H and O–H groups in total. The number of carbonyl (C=O) groups is 7. The van der Waals surface area contributed by atoms with Gasteiger partial charge < -0.3 is 39.9 Å². The molecule has 2 aromatic rings. The smallest absolute Gasteiger partial charge is 0.309 e. The molecule has 0 bridgehead atoms. The Bertz CT molecular complexity index is 2180. The predicted molar refractivity (Wildman–Crippen MR) is 237 cm³/mol. The summed E-state index contributed by atoms with van der Waals surface area (Å²) in [5.74, 6) is -7.68. The molecule has 10 atom stereocenters. The predicted octanol–water partition coefficient (Wildman–Crippen LogP) is 6.84. The highest BCUT2D eigenvalue weighted by Crippen LogP contribution is 2.42. The molecule has 5 saturated carbocycles. The Balaban J connectivity index is 0.000000219. The zero-order valence-corrected chi connectivity index (χ0v) is 40.1. The van der Waals surface area contributed by atoms with Crippen LogP contribution in [0.3, 0.4) is 0 Å². The first-order valence-electron chi connectivity index (χ1n) is 23.1. The van der Waals surface area contributed by atoms with Crippen LogP contribution in [0, 0.1) is 65.0 Å². The van der Waals surface area contributed by atoms with E-state index in [1.54, 1.807) is 9.58 Å². The third kappa shape index (κ3) is 14.7. The number of aromatic nitrogens is 2. The Morgan fingerprint density at radius 1 is 0.746 bits per heavy atom. The van der Waals surface area contributed by atoms with E-state index in [9.17, 15) is 64.3 Å². The molecular weight excluding hydrogens is 981 g/mol. The van der Waals surface area contributed by atoms with Gasteiger partial charge in [0, 0.05) is 48.8 Å². The maximum atomic E-state index is 13.5. The highest BCUT2D eigenvalue weighted by molar-refractivity contribution is 6.31. The molecule has 5 fully saturated rings. The Kier molecular flexibility index (Phi) is 22.1. The molecule has 8 rings (SSSR count). The lowest BCUT2D eigenvalue weighted by Crippen LogP contribution is -2.42. The number of carboxylic acids is 1. The zero-order chi connectivity index (χ0) is 52.9. The number of nitrogens with zero attached hydrogens (tertiary/aromatic N) is 3. The summed E-state index contributed by atoms with van der Waals surface area (Å²) in [5.41, 5.74) is 6.90. The summed E-state index contributed by atoms with van der Waals surface area (Å²) in [6, 6.07) is 3.99. The second-order valence-corrected chi connectivity index (χ2v) is 18.5. The number of ether oxygens (including phenoxy) is 3. The average molecular weight is 1040 g/mol. The van der Waals surface area contributed by atoms with Gasteiger partial charge >= 0.3 is 23.9 Å². The molecule has 5 aliphatic carbocycles. The first kappa shape index (κ1) is 58.3. The van der Waals surface area contributed by atoms with Crippen molar-refractivity contribution in [3.8, 4) is 11.3 Å². The summed E-state index contributed by atoms with van der Waals surface area (Å²) < 4.78 is 102. The van der Waals surface area contributed by atoms with Crippen LogP contribution >= 0.6 is 11.6 Å². The largest absolute Gasteiger partial charge is 0.481 e. The standard InChI is InChI=1S/C20H20ClF3N4O2.C7H10F2O2.C7H12O3.C7H10O3.C6H8F2O2/c21-13-7-11(2-4-14(13)22)18-17(20(25)30)15-9-27(5-6-28(15)26-18)16(29)8-10-1-3-12(10)19(23)24;1-11-7(10)5-3-2-4(5)6(8)9;2*1-10-7(9)6-3-2-5(6)4-8;7-5(8)3-1-2-4(3)6(9)10/h2,4,7,10,12,19H,1,3,5-6,8-9H2,(H2,25,30);4-6H,2-3H2,1H3;5-6,8H,2-4H2,1H3;4-6H,2-3H2,1H3;3-5H,1-2H2,(H,9,10)/t10-,12?;4-,5-;2*5-,6+;3-,4-/m01001/s1. The lowest BCUT2D eigenvalue weighted by Gasteiger charge is -2.37. The number of rotatable bonds is 13. The number of amides is 2. The van der Waals surface area contributed by atoms with E-state index >= 15 is 0 Å². The molecule has 396 valence electrons. The summed E-state index contributed by atoms with van der Waals surface area (Å²) >= 11 is 5.86. The second kappa shape index (κ2) is 26.9. The fourth-order valence-corrected chi connectivity index (χ4v) is 9.14. The minimum absolute atomic E-state index is 0.0324. The van der Waals surface area contributed by atoms with E-state index in [1.165, 1.54) is 39.5 Å². The van der Waals surface area contributed by atoms with Gasteiger partial charge in [-0.15, -0.1) is 0 Å². The monoisotopic (exact) mass is 1040 g/mol. The number of hydrogen-bond acceptors (Lipinski definition) is 12. The third-order valence-electron chi connectivity index (χ3n) is 14.3. The minimum Gasteiger partial charge on any atom is -0.481 e. The molecule has 2 heterocycles. The van der Waals surface area contributed by atoms with E-state index in [0.29, 0.717) is 62.9 Å². The maximum Gasteiger partial charge on any atom is 0.309 e. The lowest BCUT2D eigenvalue weighted by molar-refractivity contribution is -0.156. The number of aliphatic hydroxyl groups excluding tert-OH is 1. The SMILES string of the molecule is COC(=O)[C@@H]1CC[C@H]1C(F)F.COC(=O)[C@@H]1CC[C@H]1C=O.COC(=O)[C@@H]1CC[C@H]1CO.NC(=O)c1c(-c2ccc(F)c(Cl)c2)nn2c1CN(C(=O)C[C@@H]1CCC1C(F)F)CC2.O=C(O)[C@@H]1CC[C@H]1C(F)F. The Hall–Kier alpha value is -5.32. The molecule has 1 aromatic heterocycles. The first-order valence-corrected chi connectivity index (χ1v) is 23.5. The van der Waals surface area contributed by atoms with Crippen molar-refractivity contribution in [2.45, 2.75) is 103 Å². The normalized spacial score (nSPS) is 26.5. The van der Waals surface area contributed by atoms with Gasteiger partial charge in [-0.25, -0.2) is 30.7 Å². The fraction of sp³-hybridized carbons (Fsp3) is 0.660. The van der Waals surface area contributed by atoms with Crippen molar-refractivity contribution in [2.24, 2.45) is 64.9 Å². The molecule has 2 amide bonds. The number of nitrogens with two attached hydrogens (primary N) is 1. The van der Waals surface area contributed by atoms with Gasteiger partial charge in [-0.05, 0) is 94.2 Å². The molecule has 0 radical (unpaired) electrons. The number of esters is 3. The summed E-state index contributed by atoms with van der Waals surface area (Å²) in [7, 11) is 3.96. The Morgan fingerprint density at radius 3 is 1.66 bits per heavy atom. The van der Waals surface area contributed by atoms with E-state index < -0.39 is 72.5 Å². The molecule has 1 aromatic carbocycles. The summed E-state index contributed by atoms with van der Waals surface area (Å²) in [6.45, 7) is 0.894. The number of primary amides is 1. The van der Waals surface area contributed by atoms with Crippen LogP contribution in [0.1, 0.15) is 86.7 Å². The van der Waals surface area contributed by atoms with Crippen molar-refractivity contribution < 1.29 is 88.7 Å². The highest BCUT2D eigenvalue weighted by Gasteiger charge is 2.44. The number of benzene rings is 1. The molecule has 71 heavy (non-hydrogen) atoms. The van der Waals surface area contributed by atoms with E-state index in [-0.39, 0.29) is 83.3 Å².